The van der Waals surface area contributed by atoms with E-state index in [0.717, 1.165) is 73.3 Å². The highest BCUT2D eigenvalue weighted by Crippen LogP contribution is 2.38. The number of aromatic nitrogens is 8. The fourth-order valence-electron chi connectivity index (χ4n) is 12.0. The summed E-state index contributed by atoms with van der Waals surface area (Å²) in [6.45, 7) is 0.749. The number of hydrogen-bond acceptors (Lipinski definition) is 5. The second-order valence-electron chi connectivity index (χ2n) is 19.5. The Morgan fingerprint density at radius 1 is 0.329 bits per heavy atom. The Kier molecular flexibility index (Phi) is 9.19. The molecule has 16 rings (SSSR count). The Morgan fingerprint density at radius 3 is 1.28 bits per heavy atom. The third-order valence-electron chi connectivity index (χ3n) is 15.3. The molecule has 1 aliphatic rings. The third kappa shape index (κ3) is 6.39. The molecule has 15 aromatic rings. The number of pyridine rings is 1. The summed E-state index contributed by atoms with van der Waals surface area (Å²) >= 11 is 0. The number of nitrogens with one attached hydrogen (secondary N) is 1. The minimum Gasteiger partial charge on any atom is -0.387 e. The molecule has 0 bridgehead atoms. The fraction of sp³-hybridized carbons (Fsp3) is 0.0149. The fourth-order valence-corrected chi connectivity index (χ4v) is 12.0. The minimum absolute atomic E-state index is 0.601. The Bertz CT molecular complexity index is 4880. The average Bonchev–Trinajstić information content (AvgIpc) is 4.23. The van der Waals surface area contributed by atoms with E-state index in [2.05, 4.69) is 229 Å². The van der Waals surface area contributed by atoms with Gasteiger partial charge in [0.15, 0.2) is 17.5 Å². The largest absolute Gasteiger partial charge is 0.387 e. The van der Waals surface area contributed by atoms with Crippen molar-refractivity contribution in [2.75, 3.05) is 6.54 Å². The van der Waals surface area contributed by atoms with E-state index in [1.165, 1.54) is 59.6 Å². The van der Waals surface area contributed by atoms with Crippen LogP contribution in [0, 0.1) is 0 Å². The lowest BCUT2D eigenvalue weighted by Crippen LogP contribution is -2.35. The normalized spacial score (nSPS) is 12.5. The predicted molar refractivity (Wildman–Crippen MR) is 310 cm³/mol. The Balaban J connectivity index is 0.774. The van der Waals surface area contributed by atoms with Gasteiger partial charge in [-0.2, -0.15) is 0 Å². The molecule has 9 aromatic carbocycles. The zero-order valence-corrected chi connectivity index (χ0v) is 40.9. The molecule has 7 heterocycles. The van der Waals surface area contributed by atoms with E-state index in [1.54, 1.807) is 0 Å². The van der Waals surface area contributed by atoms with Gasteiger partial charge in [-0.25, -0.2) is 15.0 Å². The summed E-state index contributed by atoms with van der Waals surface area (Å²) in [5, 5.41) is 14.2. The van der Waals surface area contributed by atoms with Gasteiger partial charge in [-0.15, -0.1) is 0 Å². The van der Waals surface area contributed by atoms with Crippen LogP contribution in [0.25, 0.3) is 146 Å². The van der Waals surface area contributed by atoms with Crippen LogP contribution in [0.15, 0.2) is 231 Å². The van der Waals surface area contributed by atoms with E-state index in [1.807, 2.05) is 42.7 Å². The van der Waals surface area contributed by atoms with E-state index in [9.17, 15) is 0 Å². The summed E-state index contributed by atoms with van der Waals surface area (Å²) < 4.78 is 9.45. The van der Waals surface area contributed by atoms with Crippen LogP contribution in [-0.4, -0.2) is 44.7 Å². The smallest absolute Gasteiger partial charge is 0.164 e. The van der Waals surface area contributed by atoms with Crippen LogP contribution in [0.4, 0.5) is 0 Å². The SMILES string of the molecule is C1=c2c(n(-c3ccc(-c4nc(-c5ccccc5)nc(-c5ccc(-n6c7ccncc7c7cc(-n8c9ccccc9c9ccccc98)ccc76)cc5)n4)cc3)c3ccc(-n4c5ccccc5c5ccccc54)cc23)=CCN1. The van der Waals surface area contributed by atoms with Gasteiger partial charge in [0.1, 0.15) is 0 Å². The molecule has 0 fully saturated rings. The summed E-state index contributed by atoms with van der Waals surface area (Å²) in [7, 11) is 0. The molecule has 1 N–H and O–H groups in total. The van der Waals surface area contributed by atoms with Crippen molar-refractivity contribution < 1.29 is 0 Å². The lowest BCUT2D eigenvalue weighted by Gasteiger charge is -2.12. The van der Waals surface area contributed by atoms with Crippen molar-refractivity contribution >= 4 is 88.6 Å². The predicted octanol–water partition coefficient (Wildman–Crippen LogP) is 13.6. The Morgan fingerprint density at radius 2 is 0.737 bits per heavy atom. The Hall–Kier alpha value is -10.4. The van der Waals surface area contributed by atoms with Crippen LogP contribution >= 0.6 is 0 Å². The summed E-state index contributed by atoms with van der Waals surface area (Å²) in [6, 6.07) is 77.7. The van der Waals surface area contributed by atoms with Crippen molar-refractivity contribution in [2.45, 2.75) is 0 Å². The summed E-state index contributed by atoms with van der Waals surface area (Å²) in [6.07, 6.45) is 8.29. The summed E-state index contributed by atoms with van der Waals surface area (Å²) in [4.78, 5) is 20.0. The molecule has 9 heteroatoms. The minimum atomic E-state index is 0.601. The molecular weight excluding hydrogens is 931 g/mol. The first-order valence-electron chi connectivity index (χ1n) is 25.7. The standard InChI is InChI=1S/C67H43N9/c1-2-12-42(13-3-1)65-70-66(43-22-26-45(27-23-43)73-61-32-30-47(38-53(61)55-40-68-36-34-63(55)73)75-57-18-8-4-14-49(57)50-15-5-9-19-58(50)75)72-67(71-65)44-24-28-46(29-25-44)74-62-33-31-48(39-54(62)56-41-69-37-35-64(56)74)76-59-20-10-6-16-51(59)52-17-7-11-21-60(52)76/h1-36,38-41,69H,37H2. The first kappa shape index (κ1) is 42.2. The van der Waals surface area contributed by atoms with Crippen molar-refractivity contribution in [1.29, 1.82) is 0 Å². The van der Waals surface area contributed by atoms with Gasteiger partial charge in [0.05, 0.1) is 44.0 Å². The zero-order chi connectivity index (χ0) is 49.8. The quantitative estimate of drug-likeness (QED) is 0.172. The molecule has 76 heavy (non-hydrogen) atoms. The maximum Gasteiger partial charge on any atom is 0.164 e. The van der Waals surface area contributed by atoms with Crippen LogP contribution in [-0.2, 0) is 0 Å². The van der Waals surface area contributed by atoms with Gasteiger partial charge in [0.25, 0.3) is 0 Å². The van der Waals surface area contributed by atoms with Crippen LogP contribution < -0.4 is 15.9 Å². The van der Waals surface area contributed by atoms with Crippen LogP contribution in [0.2, 0.25) is 0 Å². The molecule has 0 spiro atoms. The molecule has 0 radical (unpaired) electrons. The highest BCUT2D eigenvalue weighted by molar-refractivity contribution is 6.12. The molecule has 356 valence electrons. The zero-order valence-electron chi connectivity index (χ0n) is 40.9. The van der Waals surface area contributed by atoms with Gasteiger partial charge in [0.2, 0.25) is 0 Å². The highest BCUT2D eigenvalue weighted by atomic mass is 15.0. The number of para-hydroxylation sites is 4. The van der Waals surface area contributed by atoms with Crippen LogP contribution in [0.1, 0.15) is 0 Å². The molecule has 0 atom stereocenters. The lowest BCUT2D eigenvalue weighted by atomic mass is 10.1. The summed E-state index contributed by atoms with van der Waals surface area (Å²) in [5.41, 5.74) is 15.1. The molecule has 0 aliphatic carbocycles. The van der Waals surface area contributed by atoms with Crippen LogP contribution in [0.5, 0.6) is 0 Å². The number of benzene rings is 9. The molecule has 0 saturated heterocycles. The lowest BCUT2D eigenvalue weighted by molar-refractivity contribution is 1.00. The molecule has 0 amide bonds. The van der Waals surface area contributed by atoms with Gasteiger partial charge in [0, 0.05) is 108 Å². The van der Waals surface area contributed by atoms with Crippen molar-refractivity contribution in [3.05, 3.63) is 241 Å². The van der Waals surface area contributed by atoms with E-state index in [-0.39, 0.29) is 0 Å². The second-order valence-corrected chi connectivity index (χ2v) is 19.5. The summed E-state index contributed by atoms with van der Waals surface area (Å²) in [5.74, 6) is 1.82. The van der Waals surface area contributed by atoms with Gasteiger partial charge in [-0.1, -0.05) is 103 Å². The Labute approximate surface area is 434 Å². The number of rotatable bonds is 7. The first-order chi connectivity index (χ1) is 37.7. The van der Waals surface area contributed by atoms with E-state index in [4.69, 9.17) is 15.0 Å². The maximum atomic E-state index is 5.19. The molecule has 1 aliphatic heterocycles. The van der Waals surface area contributed by atoms with E-state index < -0.39 is 0 Å². The molecule has 0 saturated carbocycles. The topological polar surface area (TPSA) is 83.3 Å². The average molecular weight is 974 g/mol. The van der Waals surface area contributed by atoms with Crippen molar-refractivity contribution in [2.24, 2.45) is 0 Å². The van der Waals surface area contributed by atoms with E-state index >= 15 is 0 Å². The van der Waals surface area contributed by atoms with Gasteiger partial charge >= 0.3 is 0 Å². The van der Waals surface area contributed by atoms with E-state index in [0.29, 0.717) is 17.5 Å². The van der Waals surface area contributed by atoms with Crippen molar-refractivity contribution in [1.82, 2.24) is 43.5 Å². The van der Waals surface area contributed by atoms with Gasteiger partial charge in [-0.3, -0.25) is 4.98 Å². The molecule has 6 aromatic heterocycles. The van der Waals surface area contributed by atoms with Crippen molar-refractivity contribution in [3.8, 4) is 56.9 Å². The monoisotopic (exact) mass is 973 g/mol. The number of nitrogens with zero attached hydrogens (tertiary/aromatic N) is 8. The molecule has 0 unspecified atom stereocenters. The maximum absolute atomic E-state index is 5.19. The van der Waals surface area contributed by atoms with Crippen molar-refractivity contribution in [3.63, 3.8) is 0 Å². The highest BCUT2D eigenvalue weighted by Gasteiger charge is 2.20. The van der Waals surface area contributed by atoms with Crippen LogP contribution in [0.3, 0.4) is 0 Å². The third-order valence-corrected chi connectivity index (χ3v) is 15.3. The van der Waals surface area contributed by atoms with Gasteiger partial charge in [-0.05, 0) is 121 Å². The van der Waals surface area contributed by atoms with Gasteiger partial charge < -0.3 is 23.6 Å². The second kappa shape index (κ2) is 16.6. The molecule has 9 nitrogen and oxygen atoms in total. The first-order valence-corrected chi connectivity index (χ1v) is 25.7. The molecular formula is C67H43N9. The number of hydrogen-bond donors (Lipinski definition) is 1. The number of fused-ring (bicyclic) bond motifs is 12.